The van der Waals surface area contributed by atoms with Crippen LogP contribution < -0.4 is 10.5 Å². The van der Waals surface area contributed by atoms with Gasteiger partial charge in [0.1, 0.15) is 11.6 Å². The molecule has 0 aliphatic heterocycles. The van der Waals surface area contributed by atoms with Gasteiger partial charge in [-0.15, -0.1) is 0 Å². The molecule has 0 aliphatic rings. The van der Waals surface area contributed by atoms with Crippen molar-refractivity contribution in [1.82, 2.24) is 0 Å². The minimum absolute atomic E-state index is 0.0140. The first-order chi connectivity index (χ1) is 8.06. The number of nitrogen functional groups attached to an aromatic ring is 1. The summed E-state index contributed by atoms with van der Waals surface area (Å²) in [5, 5.41) is -0.0140. The highest BCUT2D eigenvalue weighted by molar-refractivity contribution is 14.1. The lowest BCUT2D eigenvalue weighted by molar-refractivity contribution is 0.483. The van der Waals surface area contributed by atoms with Crippen LogP contribution in [0.5, 0.6) is 11.5 Å². The van der Waals surface area contributed by atoms with Crippen molar-refractivity contribution in [3.8, 4) is 11.5 Å². The first-order valence-corrected chi connectivity index (χ1v) is 6.20. The molecular formula is C12H8ClFINO. The Morgan fingerprint density at radius 3 is 2.71 bits per heavy atom. The van der Waals surface area contributed by atoms with Crippen molar-refractivity contribution < 1.29 is 9.13 Å². The van der Waals surface area contributed by atoms with Crippen molar-refractivity contribution in [3.63, 3.8) is 0 Å². The molecule has 0 unspecified atom stereocenters. The number of halogens is 3. The Morgan fingerprint density at radius 1 is 1.24 bits per heavy atom. The summed E-state index contributed by atoms with van der Waals surface area (Å²) < 4.78 is 19.7. The molecule has 2 aromatic rings. The van der Waals surface area contributed by atoms with E-state index in [0.29, 0.717) is 11.5 Å². The standard InChI is InChI=1S/C12H8ClFINO/c13-9-5-12(11(16)6-10(9)14)17-8-3-1-2-7(15)4-8/h1-6H,16H2. The van der Waals surface area contributed by atoms with E-state index >= 15 is 0 Å². The van der Waals surface area contributed by atoms with Gasteiger partial charge in [-0.2, -0.15) is 0 Å². The summed E-state index contributed by atoms with van der Waals surface area (Å²) in [6.45, 7) is 0. The van der Waals surface area contributed by atoms with Crippen LogP contribution in [0.2, 0.25) is 5.02 Å². The molecule has 0 bridgehead atoms. The number of rotatable bonds is 2. The van der Waals surface area contributed by atoms with E-state index in [2.05, 4.69) is 22.6 Å². The zero-order valence-corrected chi connectivity index (χ0v) is 11.5. The molecule has 0 saturated carbocycles. The van der Waals surface area contributed by atoms with Gasteiger partial charge in [-0.1, -0.05) is 17.7 Å². The molecule has 0 atom stereocenters. The summed E-state index contributed by atoms with van der Waals surface area (Å²) >= 11 is 7.84. The predicted molar refractivity (Wildman–Crippen MR) is 75.1 cm³/mol. The second-order valence-electron chi connectivity index (χ2n) is 3.36. The second-order valence-corrected chi connectivity index (χ2v) is 5.02. The maximum Gasteiger partial charge on any atom is 0.151 e. The van der Waals surface area contributed by atoms with Crippen LogP contribution >= 0.6 is 34.2 Å². The van der Waals surface area contributed by atoms with Crippen molar-refractivity contribution in [2.75, 3.05) is 5.73 Å². The van der Waals surface area contributed by atoms with Gasteiger partial charge in [-0.3, -0.25) is 0 Å². The predicted octanol–water partition coefficient (Wildman–Crippen LogP) is 4.46. The van der Waals surface area contributed by atoms with Gasteiger partial charge in [-0.05, 0) is 40.8 Å². The molecule has 2 nitrogen and oxygen atoms in total. The Balaban J connectivity index is 2.33. The van der Waals surface area contributed by atoms with Gasteiger partial charge in [0.15, 0.2) is 5.75 Å². The van der Waals surface area contributed by atoms with Gasteiger partial charge in [0.25, 0.3) is 0 Å². The third-order valence-electron chi connectivity index (χ3n) is 2.08. The number of anilines is 1. The Hall–Kier alpha value is -1.01. The number of hydrogen-bond donors (Lipinski definition) is 1. The van der Waals surface area contributed by atoms with Crippen LogP contribution in [0.3, 0.4) is 0 Å². The minimum Gasteiger partial charge on any atom is -0.455 e. The van der Waals surface area contributed by atoms with Crippen LogP contribution in [0.15, 0.2) is 36.4 Å². The van der Waals surface area contributed by atoms with E-state index in [-0.39, 0.29) is 10.7 Å². The van der Waals surface area contributed by atoms with Crippen LogP contribution in [0, 0.1) is 9.39 Å². The Bertz CT molecular complexity index is 562. The van der Waals surface area contributed by atoms with Gasteiger partial charge in [0.05, 0.1) is 10.7 Å². The maximum atomic E-state index is 13.1. The van der Waals surface area contributed by atoms with E-state index in [0.717, 1.165) is 9.64 Å². The van der Waals surface area contributed by atoms with E-state index in [1.54, 1.807) is 6.07 Å². The van der Waals surface area contributed by atoms with Crippen LogP contribution in [-0.2, 0) is 0 Å². The summed E-state index contributed by atoms with van der Waals surface area (Å²) in [4.78, 5) is 0. The van der Waals surface area contributed by atoms with E-state index in [4.69, 9.17) is 22.1 Å². The molecule has 0 heterocycles. The van der Waals surface area contributed by atoms with Gasteiger partial charge in [0.2, 0.25) is 0 Å². The van der Waals surface area contributed by atoms with Crippen molar-refractivity contribution >= 4 is 39.9 Å². The van der Waals surface area contributed by atoms with Crippen molar-refractivity contribution in [2.24, 2.45) is 0 Å². The Kier molecular flexibility index (Phi) is 3.73. The summed E-state index contributed by atoms with van der Waals surface area (Å²) in [7, 11) is 0. The fourth-order valence-electron chi connectivity index (χ4n) is 1.29. The van der Waals surface area contributed by atoms with Crippen LogP contribution in [0.1, 0.15) is 0 Å². The molecule has 0 fully saturated rings. The van der Waals surface area contributed by atoms with Crippen molar-refractivity contribution in [2.45, 2.75) is 0 Å². The fourth-order valence-corrected chi connectivity index (χ4v) is 1.96. The zero-order chi connectivity index (χ0) is 12.4. The SMILES string of the molecule is Nc1cc(F)c(Cl)cc1Oc1cccc(I)c1. The van der Waals surface area contributed by atoms with Crippen LogP contribution in [0.25, 0.3) is 0 Å². The van der Waals surface area contributed by atoms with Crippen molar-refractivity contribution in [1.29, 1.82) is 0 Å². The van der Waals surface area contributed by atoms with Gasteiger partial charge in [0, 0.05) is 15.7 Å². The third-order valence-corrected chi connectivity index (χ3v) is 3.04. The van der Waals surface area contributed by atoms with Gasteiger partial charge >= 0.3 is 0 Å². The lowest BCUT2D eigenvalue weighted by atomic mass is 10.3. The van der Waals surface area contributed by atoms with Gasteiger partial charge in [-0.25, -0.2) is 4.39 Å². The highest BCUT2D eigenvalue weighted by Gasteiger charge is 2.08. The molecule has 0 saturated heterocycles. The van der Waals surface area contributed by atoms with E-state index in [1.165, 1.54) is 6.07 Å². The first-order valence-electron chi connectivity index (χ1n) is 4.74. The fraction of sp³-hybridized carbons (Fsp3) is 0. The number of ether oxygens (including phenoxy) is 1. The minimum atomic E-state index is -0.556. The molecule has 0 aromatic heterocycles. The highest BCUT2D eigenvalue weighted by atomic mass is 127. The summed E-state index contributed by atoms with van der Waals surface area (Å²) in [5.41, 5.74) is 5.86. The maximum absolute atomic E-state index is 13.1. The third kappa shape index (κ3) is 3.01. The molecule has 0 spiro atoms. The molecule has 2 aromatic carbocycles. The van der Waals surface area contributed by atoms with E-state index < -0.39 is 5.82 Å². The average Bonchev–Trinajstić information content (AvgIpc) is 2.26. The summed E-state index contributed by atoms with van der Waals surface area (Å²) in [5.74, 6) is 0.420. The average molecular weight is 364 g/mol. The Labute approximate surface area is 117 Å². The van der Waals surface area contributed by atoms with Gasteiger partial charge < -0.3 is 10.5 Å². The number of benzene rings is 2. The smallest absolute Gasteiger partial charge is 0.151 e. The van der Waals surface area contributed by atoms with E-state index in [1.807, 2.05) is 18.2 Å². The topological polar surface area (TPSA) is 35.2 Å². The first kappa shape index (κ1) is 12.4. The summed E-state index contributed by atoms with van der Waals surface area (Å²) in [6.07, 6.45) is 0. The van der Waals surface area contributed by atoms with Crippen LogP contribution in [0.4, 0.5) is 10.1 Å². The molecule has 0 aliphatic carbocycles. The monoisotopic (exact) mass is 363 g/mol. The quantitative estimate of drug-likeness (QED) is 0.632. The van der Waals surface area contributed by atoms with E-state index in [9.17, 15) is 4.39 Å². The molecular weight excluding hydrogens is 355 g/mol. The molecule has 0 amide bonds. The molecule has 2 rings (SSSR count). The largest absolute Gasteiger partial charge is 0.455 e. The molecule has 17 heavy (non-hydrogen) atoms. The van der Waals surface area contributed by atoms with Crippen LogP contribution in [-0.4, -0.2) is 0 Å². The molecule has 88 valence electrons. The lowest BCUT2D eigenvalue weighted by Gasteiger charge is -2.09. The molecule has 0 radical (unpaired) electrons. The number of nitrogens with two attached hydrogens (primary N) is 1. The lowest BCUT2D eigenvalue weighted by Crippen LogP contribution is -1.94. The second kappa shape index (κ2) is 5.10. The summed E-state index contributed by atoms with van der Waals surface area (Å²) in [6, 6.07) is 9.95. The zero-order valence-electron chi connectivity index (χ0n) is 8.58. The highest BCUT2D eigenvalue weighted by Crippen LogP contribution is 2.32. The normalized spacial score (nSPS) is 10.3. The van der Waals surface area contributed by atoms with Crippen molar-refractivity contribution in [3.05, 3.63) is 50.8 Å². The number of hydrogen-bond acceptors (Lipinski definition) is 2. The molecule has 2 N–H and O–H groups in total. The Morgan fingerprint density at radius 2 is 2.00 bits per heavy atom. The molecule has 5 heteroatoms.